The van der Waals surface area contributed by atoms with Crippen molar-refractivity contribution in [2.75, 3.05) is 5.32 Å². The number of hydrogen-bond donors (Lipinski definition) is 2. The SMILES string of the molecule is Cc1cc(N=C([O-])c2ccc(NC(=O)c3ccccc3)cc2)ccc1N=Nc1ccc(N=Nc2ccc3cc(S(=O)(=O)[O-])cc(S(=O)(=O)O)c3c2)cc1.[Na+].[Na+]. The van der Waals surface area contributed by atoms with Gasteiger partial charge in [-0.1, -0.05) is 36.4 Å². The maximum atomic E-state index is 12.8. The van der Waals surface area contributed by atoms with E-state index in [4.69, 9.17) is 0 Å². The molecule has 0 aromatic heterocycles. The van der Waals surface area contributed by atoms with Crippen LogP contribution >= 0.6 is 0 Å². The Kier molecular flexibility index (Phi) is 14.5. The van der Waals surface area contributed by atoms with E-state index in [9.17, 15) is 35.8 Å². The van der Waals surface area contributed by atoms with E-state index in [1.54, 1.807) is 91.0 Å². The molecule has 0 fully saturated rings. The maximum absolute atomic E-state index is 12.8. The summed E-state index contributed by atoms with van der Waals surface area (Å²) in [7, 11) is -9.87. The van der Waals surface area contributed by atoms with Crippen molar-refractivity contribution in [3.05, 3.63) is 144 Å². The second-order valence-corrected chi connectivity index (χ2v) is 14.2. The van der Waals surface area contributed by atoms with Crippen LogP contribution in [-0.2, 0) is 20.2 Å². The average Bonchev–Trinajstić information content (AvgIpc) is 3.13. The summed E-state index contributed by atoms with van der Waals surface area (Å²) >= 11 is 0. The second kappa shape index (κ2) is 18.4. The molecule has 6 aromatic rings. The molecule has 0 heterocycles. The van der Waals surface area contributed by atoms with Gasteiger partial charge in [-0.25, -0.2) is 8.42 Å². The topological polar surface area (TPSA) is 226 Å². The first-order valence-electron chi connectivity index (χ1n) is 15.5. The fourth-order valence-corrected chi connectivity index (χ4v) is 6.35. The summed E-state index contributed by atoms with van der Waals surface area (Å²) in [4.78, 5) is 15.0. The van der Waals surface area contributed by atoms with Crippen molar-refractivity contribution in [2.45, 2.75) is 16.7 Å². The van der Waals surface area contributed by atoms with E-state index >= 15 is 0 Å². The van der Waals surface area contributed by atoms with Gasteiger partial charge in [0.25, 0.3) is 16.0 Å². The van der Waals surface area contributed by atoms with E-state index in [0.717, 1.165) is 11.6 Å². The van der Waals surface area contributed by atoms with Crippen LogP contribution in [0.15, 0.2) is 163 Å². The molecule has 18 heteroatoms. The molecule has 0 aliphatic heterocycles. The van der Waals surface area contributed by atoms with Crippen molar-refractivity contribution in [2.24, 2.45) is 25.4 Å². The summed E-state index contributed by atoms with van der Waals surface area (Å²) in [5.41, 5.74) is 4.25. The Hall–Kier alpha value is -4.46. The summed E-state index contributed by atoms with van der Waals surface area (Å²) in [5.74, 6) is -0.710. The minimum absolute atomic E-state index is 0. The minimum Gasteiger partial charge on any atom is -0.858 e. The molecule has 0 atom stereocenters. The number of benzene rings is 6. The van der Waals surface area contributed by atoms with Crippen LogP contribution in [0.2, 0.25) is 0 Å². The molecule has 0 unspecified atom stereocenters. The van der Waals surface area contributed by atoms with Gasteiger partial charge >= 0.3 is 59.1 Å². The minimum atomic E-state index is -4.99. The van der Waals surface area contributed by atoms with Crippen LogP contribution in [0.4, 0.5) is 34.1 Å². The smallest absolute Gasteiger partial charge is 0.858 e. The van der Waals surface area contributed by atoms with Crippen molar-refractivity contribution in [1.82, 2.24) is 0 Å². The molecule has 0 bridgehead atoms. The molecule has 0 aliphatic rings. The largest absolute Gasteiger partial charge is 1.00 e. The first-order valence-corrected chi connectivity index (χ1v) is 18.4. The van der Waals surface area contributed by atoms with Crippen molar-refractivity contribution in [1.29, 1.82) is 0 Å². The number of azo groups is 2. The number of aliphatic imine (C=N–C) groups is 1. The number of carbonyl (C=O) groups excluding carboxylic acids is 1. The fourth-order valence-electron chi connectivity index (χ4n) is 5.01. The molecule has 0 saturated heterocycles. The fraction of sp³-hybridized carbons (Fsp3) is 0.0270. The van der Waals surface area contributed by atoms with Gasteiger partial charge in [0.15, 0.2) is 0 Å². The van der Waals surface area contributed by atoms with Crippen LogP contribution in [0.3, 0.4) is 0 Å². The number of amides is 1. The van der Waals surface area contributed by atoms with Gasteiger partial charge < -0.3 is 15.0 Å². The summed E-state index contributed by atoms with van der Waals surface area (Å²) in [6, 6.07) is 32.5. The third-order valence-electron chi connectivity index (χ3n) is 7.68. The Bertz CT molecular complexity index is 2680. The van der Waals surface area contributed by atoms with Crippen molar-refractivity contribution in [3.63, 3.8) is 0 Å². The standard InChI is InChI=1S/C37H28N6O8S2.2Na/c1-23-19-30(39-37(45)25-7-10-27(11-8-25)38-36(44)24-5-3-2-4-6-24)17-18-34(23)43-41-29-15-13-28(14-16-29)40-42-31-12-9-26-20-32(52(46,47)48)22-35(33(26)21-31)53(49,50)51;;/h2-22H,1H3,(H,38,44)(H,39,45)(H,46,47,48)(H,49,50,51);;/q;2*+1/p-2. The molecular formula is C37H26N6Na2O8S2. The summed E-state index contributed by atoms with van der Waals surface area (Å²) in [6.07, 6.45) is 0. The molecular weight excluding hydrogens is 767 g/mol. The number of anilines is 1. The molecule has 266 valence electrons. The third-order valence-corrected chi connectivity index (χ3v) is 9.39. The zero-order valence-electron chi connectivity index (χ0n) is 29.5. The molecule has 0 spiro atoms. The van der Waals surface area contributed by atoms with E-state index < -0.39 is 35.9 Å². The Morgan fingerprint density at radius 1 is 0.655 bits per heavy atom. The molecule has 6 aromatic carbocycles. The number of carbonyl (C=O) groups is 1. The molecule has 0 radical (unpaired) electrons. The molecule has 55 heavy (non-hydrogen) atoms. The zero-order valence-corrected chi connectivity index (χ0v) is 35.1. The molecule has 6 rings (SSSR count). The average molecular weight is 793 g/mol. The maximum Gasteiger partial charge on any atom is 1.00 e. The van der Waals surface area contributed by atoms with Gasteiger partial charge in [0.1, 0.15) is 15.0 Å². The number of rotatable bonds is 10. The Morgan fingerprint density at radius 3 is 1.84 bits per heavy atom. The summed E-state index contributed by atoms with van der Waals surface area (Å²) in [6.45, 7) is 1.81. The molecule has 1 amide bonds. The van der Waals surface area contributed by atoms with Crippen LogP contribution < -0.4 is 69.5 Å². The van der Waals surface area contributed by atoms with Gasteiger partial charge in [0.05, 0.1) is 33.3 Å². The van der Waals surface area contributed by atoms with Crippen LogP contribution in [-0.4, -0.2) is 37.7 Å². The van der Waals surface area contributed by atoms with Gasteiger partial charge in [0, 0.05) is 16.6 Å². The number of nitrogens with zero attached hydrogens (tertiary/aromatic N) is 5. The van der Waals surface area contributed by atoms with Crippen LogP contribution in [0, 0.1) is 6.92 Å². The Morgan fingerprint density at radius 2 is 1.24 bits per heavy atom. The van der Waals surface area contributed by atoms with E-state index in [-0.39, 0.29) is 81.5 Å². The van der Waals surface area contributed by atoms with Gasteiger partial charge in [-0.3, -0.25) is 14.3 Å². The molecule has 14 nitrogen and oxygen atoms in total. The molecule has 2 N–H and O–H groups in total. The quantitative estimate of drug-likeness (QED) is 0.0683. The van der Waals surface area contributed by atoms with Crippen LogP contribution in [0.25, 0.3) is 10.8 Å². The Balaban J connectivity index is 0.00000336. The predicted octanol–water partition coefficient (Wildman–Crippen LogP) is 1.83. The van der Waals surface area contributed by atoms with Gasteiger partial charge in [-0.2, -0.15) is 28.9 Å². The number of nitrogens with one attached hydrogen (secondary N) is 1. The zero-order chi connectivity index (χ0) is 37.8. The van der Waals surface area contributed by atoms with E-state index in [1.807, 2.05) is 13.0 Å². The number of hydrogen-bond acceptors (Lipinski definition) is 12. The van der Waals surface area contributed by atoms with Crippen LogP contribution in [0.1, 0.15) is 21.5 Å². The summed E-state index contributed by atoms with van der Waals surface area (Å²) in [5, 5.41) is 32.4. The second-order valence-electron chi connectivity index (χ2n) is 11.5. The third kappa shape index (κ3) is 11.3. The van der Waals surface area contributed by atoms with Crippen molar-refractivity contribution < 1.29 is 95.0 Å². The monoisotopic (exact) mass is 792 g/mol. The van der Waals surface area contributed by atoms with E-state index in [2.05, 4.69) is 30.8 Å². The van der Waals surface area contributed by atoms with Gasteiger partial charge in [0.2, 0.25) is 0 Å². The van der Waals surface area contributed by atoms with E-state index in [0.29, 0.717) is 45.6 Å². The number of aryl methyl sites for hydroxylation is 1. The first-order chi connectivity index (χ1) is 25.2. The van der Waals surface area contributed by atoms with Crippen LogP contribution in [0.5, 0.6) is 0 Å². The van der Waals surface area contributed by atoms with Crippen molar-refractivity contribution in [3.8, 4) is 0 Å². The first kappa shape index (κ1) is 43.3. The predicted molar refractivity (Wildman–Crippen MR) is 195 cm³/mol. The van der Waals surface area contributed by atoms with Gasteiger partial charge in [-0.15, -0.1) is 0 Å². The van der Waals surface area contributed by atoms with Gasteiger partial charge in [-0.05, 0) is 120 Å². The molecule has 0 aliphatic carbocycles. The normalized spacial score (nSPS) is 12.0. The van der Waals surface area contributed by atoms with Crippen molar-refractivity contribution >= 4 is 76.9 Å². The Labute approximate surface area is 360 Å². The molecule has 0 saturated carbocycles. The van der Waals surface area contributed by atoms with E-state index in [1.165, 1.54) is 18.2 Å². The summed E-state index contributed by atoms with van der Waals surface area (Å²) < 4.78 is 67.9. The number of fused-ring (bicyclic) bond motifs is 1.